The molecule has 2 unspecified atom stereocenters. The Balaban J connectivity index is 1.70. The Kier molecular flexibility index (Phi) is 5.13. The molecule has 30 heavy (non-hydrogen) atoms. The van der Waals surface area contributed by atoms with Gasteiger partial charge in [-0.25, -0.2) is 8.42 Å². The molecule has 0 spiro atoms. The third-order valence-corrected chi connectivity index (χ3v) is 7.89. The fourth-order valence-electron chi connectivity index (χ4n) is 4.29. The molecule has 0 radical (unpaired) electrons. The molecule has 2 atom stereocenters. The number of hydrogen-bond acceptors (Lipinski definition) is 5. The molecule has 160 valence electrons. The minimum Gasteiger partial charge on any atom is -0.497 e. The molecule has 4 rings (SSSR count). The van der Waals surface area contributed by atoms with E-state index >= 15 is 0 Å². The zero-order chi connectivity index (χ0) is 21.6. The Labute approximate surface area is 177 Å². The summed E-state index contributed by atoms with van der Waals surface area (Å²) in [6, 6.07) is 11.8. The van der Waals surface area contributed by atoms with Crippen molar-refractivity contribution in [3.05, 3.63) is 42.5 Å². The first-order chi connectivity index (χ1) is 14.2. The van der Waals surface area contributed by atoms with Gasteiger partial charge < -0.3 is 14.5 Å². The third-order valence-electron chi connectivity index (χ3n) is 5.95. The van der Waals surface area contributed by atoms with Crippen molar-refractivity contribution in [2.24, 2.45) is 5.92 Å². The molecule has 0 saturated carbocycles. The van der Waals surface area contributed by atoms with Gasteiger partial charge in [-0.05, 0) is 49.7 Å². The summed E-state index contributed by atoms with van der Waals surface area (Å²) in [6.07, 6.45) is 0.817. The summed E-state index contributed by atoms with van der Waals surface area (Å²) in [5.41, 5.74) is 2.17. The number of fused-ring (bicyclic) bond motifs is 1. The van der Waals surface area contributed by atoms with Crippen LogP contribution in [0.15, 0.2) is 47.4 Å². The normalized spacial score (nSPS) is 21.7. The number of rotatable bonds is 4. The number of amides is 1. The van der Waals surface area contributed by atoms with E-state index < -0.39 is 10.0 Å². The Hall–Kier alpha value is -2.74. The quantitative estimate of drug-likeness (QED) is 0.747. The summed E-state index contributed by atoms with van der Waals surface area (Å²) >= 11 is 0. The van der Waals surface area contributed by atoms with E-state index in [1.54, 1.807) is 48.4 Å². The molecular weight excluding hydrogens is 402 g/mol. The van der Waals surface area contributed by atoms with Crippen LogP contribution in [0.3, 0.4) is 0 Å². The summed E-state index contributed by atoms with van der Waals surface area (Å²) in [7, 11) is -0.231. The van der Waals surface area contributed by atoms with Gasteiger partial charge in [0.1, 0.15) is 5.75 Å². The lowest BCUT2D eigenvalue weighted by Crippen LogP contribution is -2.49. The minimum atomic E-state index is -3.77. The van der Waals surface area contributed by atoms with Gasteiger partial charge >= 0.3 is 0 Å². The van der Waals surface area contributed by atoms with Gasteiger partial charge in [0, 0.05) is 37.8 Å². The molecule has 7 nitrogen and oxygen atoms in total. The van der Waals surface area contributed by atoms with Crippen molar-refractivity contribution in [1.82, 2.24) is 0 Å². The van der Waals surface area contributed by atoms with Crippen LogP contribution in [0.1, 0.15) is 20.3 Å². The predicted molar refractivity (Wildman–Crippen MR) is 118 cm³/mol. The molecule has 0 aliphatic carbocycles. The highest BCUT2D eigenvalue weighted by Crippen LogP contribution is 2.40. The predicted octanol–water partition coefficient (Wildman–Crippen LogP) is 3.10. The van der Waals surface area contributed by atoms with Crippen LogP contribution in [0.25, 0.3) is 0 Å². The van der Waals surface area contributed by atoms with Crippen LogP contribution >= 0.6 is 0 Å². The molecule has 0 N–H and O–H groups in total. The lowest BCUT2D eigenvalue weighted by molar-refractivity contribution is -0.119. The first kappa shape index (κ1) is 20.5. The molecule has 2 aliphatic heterocycles. The summed E-state index contributed by atoms with van der Waals surface area (Å²) < 4.78 is 33.9. The zero-order valence-electron chi connectivity index (χ0n) is 17.7. The van der Waals surface area contributed by atoms with Gasteiger partial charge in [-0.3, -0.25) is 9.10 Å². The van der Waals surface area contributed by atoms with Crippen LogP contribution in [0.2, 0.25) is 0 Å². The molecule has 8 heteroatoms. The van der Waals surface area contributed by atoms with Crippen molar-refractivity contribution >= 4 is 33.0 Å². The van der Waals surface area contributed by atoms with Gasteiger partial charge in [0.05, 0.1) is 29.4 Å². The largest absolute Gasteiger partial charge is 0.497 e. The van der Waals surface area contributed by atoms with Gasteiger partial charge in [0.15, 0.2) is 0 Å². The standard InChI is InChI=1S/C22H27N3O4S/c1-15-11-12-24(22(15)26)17-5-8-19(9-6-17)30(27,28)25-16(2)14-23(3)21-13-18(29-4)7-10-20(21)25/h5-10,13,15-16H,11-12,14H2,1-4H3. The molecule has 1 saturated heterocycles. The van der Waals surface area contributed by atoms with Gasteiger partial charge in [0.25, 0.3) is 10.0 Å². The highest BCUT2D eigenvalue weighted by molar-refractivity contribution is 7.92. The number of sulfonamides is 1. The Morgan fingerprint density at radius 2 is 1.73 bits per heavy atom. The molecule has 2 heterocycles. The second-order valence-corrected chi connectivity index (χ2v) is 9.87. The molecular formula is C22H27N3O4S. The number of methoxy groups -OCH3 is 1. The van der Waals surface area contributed by atoms with E-state index in [0.717, 1.165) is 17.8 Å². The smallest absolute Gasteiger partial charge is 0.264 e. The third kappa shape index (κ3) is 3.29. The van der Waals surface area contributed by atoms with Crippen molar-refractivity contribution in [2.45, 2.75) is 31.2 Å². The summed E-state index contributed by atoms with van der Waals surface area (Å²) in [6.45, 7) is 5.05. The average molecular weight is 430 g/mol. The lowest BCUT2D eigenvalue weighted by Gasteiger charge is -2.41. The SMILES string of the molecule is COc1ccc2c(c1)N(C)CC(C)N2S(=O)(=O)c1ccc(N2CCC(C)C2=O)cc1. The molecule has 2 aliphatic rings. The highest BCUT2D eigenvalue weighted by Gasteiger charge is 2.36. The minimum absolute atomic E-state index is 0.00749. The first-order valence-electron chi connectivity index (χ1n) is 10.1. The summed E-state index contributed by atoms with van der Waals surface area (Å²) in [4.78, 5) is 16.3. The fourth-order valence-corrected chi connectivity index (χ4v) is 5.95. The number of ether oxygens (including phenoxy) is 1. The van der Waals surface area contributed by atoms with E-state index in [-0.39, 0.29) is 22.8 Å². The van der Waals surface area contributed by atoms with E-state index in [1.165, 1.54) is 4.31 Å². The fraction of sp³-hybridized carbons (Fsp3) is 0.409. The second-order valence-electron chi connectivity index (χ2n) is 8.06. The second kappa shape index (κ2) is 7.50. The monoisotopic (exact) mass is 429 g/mol. The first-order valence-corrected chi connectivity index (χ1v) is 11.5. The maximum Gasteiger partial charge on any atom is 0.264 e. The Bertz CT molecular complexity index is 1070. The van der Waals surface area contributed by atoms with Crippen molar-refractivity contribution in [3.63, 3.8) is 0 Å². The van der Waals surface area contributed by atoms with Crippen molar-refractivity contribution in [3.8, 4) is 5.75 Å². The molecule has 1 amide bonds. The van der Waals surface area contributed by atoms with Crippen LogP contribution in [-0.2, 0) is 14.8 Å². The Morgan fingerprint density at radius 1 is 1.03 bits per heavy atom. The maximum atomic E-state index is 13.6. The van der Waals surface area contributed by atoms with Crippen LogP contribution in [-0.4, -0.2) is 47.6 Å². The number of likely N-dealkylation sites (N-methyl/N-ethyl adjacent to an activating group) is 1. The van der Waals surface area contributed by atoms with E-state index in [0.29, 0.717) is 24.5 Å². The van der Waals surface area contributed by atoms with E-state index in [4.69, 9.17) is 4.74 Å². The van der Waals surface area contributed by atoms with Crippen molar-refractivity contribution in [2.75, 3.05) is 41.4 Å². The Morgan fingerprint density at radius 3 is 2.33 bits per heavy atom. The number of benzene rings is 2. The average Bonchev–Trinajstić information content (AvgIpc) is 3.06. The van der Waals surface area contributed by atoms with Gasteiger partial charge in [0.2, 0.25) is 5.91 Å². The van der Waals surface area contributed by atoms with Crippen molar-refractivity contribution < 1.29 is 17.9 Å². The van der Waals surface area contributed by atoms with E-state index in [2.05, 4.69) is 0 Å². The number of carbonyl (C=O) groups is 1. The summed E-state index contributed by atoms with van der Waals surface area (Å²) in [5, 5.41) is 0. The van der Waals surface area contributed by atoms with Crippen LogP contribution in [0, 0.1) is 5.92 Å². The number of carbonyl (C=O) groups excluding carboxylic acids is 1. The lowest BCUT2D eigenvalue weighted by atomic mass is 10.1. The number of anilines is 3. The topological polar surface area (TPSA) is 70.2 Å². The number of hydrogen-bond donors (Lipinski definition) is 0. The van der Waals surface area contributed by atoms with Gasteiger partial charge in [-0.15, -0.1) is 0 Å². The van der Waals surface area contributed by atoms with E-state index in [9.17, 15) is 13.2 Å². The van der Waals surface area contributed by atoms with Crippen LogP contribution < -0.4 is 18.8 Å². The highest BCUT2D eigenvalue weighted by atomic mass is 32.2. The molecule has 2 aromatic carbocycles. The van der Waals surface area contributed by atoms with E-state index in [1.807, 2.05) is 31.9 Å². The van der Waals surface area contributed by atoms with Crippen LogP contribution in [0.5, 0.6) is 5.75 Å². The summed E-state index contributed by atoms with van der Waals surface area (Å²) in [5.74, 6) is 0.774. The maximum absolute atomic E-state index is 13.6. The molecule has 1 fully saturated rings. The molecule has 2 aromatic rings. The molecule has 0 bridgehead atoms. The van der Waals surface area contributed by atoms with Crippen LogP contribution in [0.4, 0.5) is 17.1 Å². The van der Waals surface area contributed by atoms with Gasteiger partial charge in [-0.1, -0.05) is 6.92 Å². The van der Waals surface area contributed by atoms with Crippen molar-refractivity contribution in [1.29, 1.82) is 0 Å². The zero-order valence-corrected chi connectivity index (χ0v) is 18.5. The molecule has 0 aromatic heterocycles. The number of nitrogens with zero attached hydrogens (tertiary/aromatic N) is 3. The van der Waals surface area contributed by atoms with Gasteiger partial charge in [-0.2, -0.15) is 0 Å².